The van der Waals surface area contributed by atoms with E-state index in [9.17, 15) is 18.7 Å². The first-order valence-electron chi connectivity index (χ1n) is 12.0. The molecule has 1 amide bonds. The third kappa shape index (κ3) is 5.32. The minimum atomic E-state index is -1.32. The highest BCUT2D eigenvalue weighted by atomic mass is 19.1. The Bertz CT molecular complexity index is 1010. The Morgan fingerprint density at radius 1 is 1.18 bits per heavy atom. The number of carbonyl (C=O) groups excluding carboxylic acids is 1. The molecule has 2 aliphatic rings. The summed E-state index contributed by atoms with van der Waals surface area (Å²) in [6.07, 6.45) is 2.57. The van der Waals surface area contributed by atoms with Crippen molar-refractivity contribution in [2.24, 2.45) is 0 Å². The van der Waals surface area contributed by atoms with Crippen LogP contribution in [-0.2, 0) is 15.1 Å². The standard InChI is InChI=1S/C27H33F2NO4/c1-4-33-21-16-24(18-5-8-20(28)9-6-18)34-27(17-21)11-13-30(14-12-27)25(31)19-7-10-22(23(29)15-19)26(2,3)32/h5-10,15,21,24,32H,4,11-14,16-17H2,1-3H3. The molecule has 0 saturated carbocycles. The van der Waals surface area contributed by atoms with Crippen molar-refractivity contribution in [1.29, 1.82) is 0 Å². The van der Waals surface area contributed by atoms with Gasteiger partial charge >= 0.3 is 0 Å². The zero-order chi connectivity index (χ0) is 24.5. The minimum Gasteiger partial charge on any atom is -0.386 e. The number of hydrogen-bond donors (Lipinski definition) is 1. The number of piperidine rings is 1. The third-order valence-electron chi connectivity index (χ3n) is 6.95. The van der Waals surface area contributed by atoms with Crippen LogP contribution in [0.15, 0.2) is 42.5 Å². The summed E-state index contributed by atoms with van der Waals surface area (Å²) in [5, 5.41) is 10.1. The van der Waals surface area contributed by atoms with Crippen LogP contribution in [-0.4, -0.2) is 47.3 Å². The summed E-state index contributed by atoms with van der Waals surface area (Å²) in [5.74, 6) is -1.11. The van der Waals surface area contributed by atoms with Crippen LogP contribution in [0.2, 0.25) is 0 Å². The summed E-state index contributed by atoms with van der Waals surface area (Å²) in [6, 6.07) is 10.6. The molecule has 0 radical (unpaired) electrons. The van der Waals surface area contributed by atoms with Crippen molar-refractivity contribution in [1.82, 2.24) is 4.90 Å². The molecule has 2 aliphatic heterocycles. The molecule has 34 heavy (non-hydrogen) atoms. The lowest BCUT2D eigenvalue weighted by Crippen LogP contribution is -2.52. The first-order valence-corrected chi connectivity index (χ1v) is 12.0. The van der Waals surface area contributed by atoms with Gasteiger partial charge in [-0.05, 0) is 63.4 Å². The number of rotatable bonds is 5. The van der Waals surface area contributed by atoms with Gasteiger partial charge in [0, 0.05) is 43.7 Å². The van der Waals surface area contributed by atoms with E-state index in [0.717, 1.165) is 12.0 Å². The van der Waals surface area contributed by atoms with Crippen molar-refractivity contribution in [2.75, 3.05) is 19.7 Å². The van der Waals surface area contributed by atoms with E-state index < -0.39 is 17.0 Å². The lowest BCUT2D eigenvalue weighted by Gasteiger charge is -2.48. The zero-order valence-electron chi connectivity index (χ0n) is 20.0. The molecule has 5 nitrogen and oxygen atoms in total. The smallest absolute Gasteiger partial charge is 0.253 e. The van der Waals surface area contributed by atoms with E-state index in [2.05, 4.69) is 0 Å². The van der Waals surface area contributed by atoms with E-state index in [1.54, 1.807) is 23.1 Å². The molecule has 184 valence electrons. The van der Waals surface area contributed by atoms with E-state index in [1.165, 1.54) is 38.1 Å². The van der Waals surface area contributed by atoms with Gasteiger partial charge in [-0.2, -0.15) is 0 Å². The van der Waals surface area contributed by atoms with Gasteiger partial charge in [-0.25, -0.2) is 8.78 Å². The molecule has 2 aromatic carbocycles. The van der Waals surface area contributed by atoms with Gasteiger partial charge in [0.2, 0.25) is 0 Å². The highest BCUT2D eigenvalue weighted by Crippen LogP contribution is 2.44. The molecule has 0 aliphatic carbocycles. The van der Waals surface area contributed by atoms with Gasteiger partial charge in [0.1, 0.15) is 11.6 Å². The fourth-order valence-electron chi connectivity index (χ4n) is 5.15. The molecule has 7 heteroatoms. The van der Waals surface area contributed by atoms with Gasteiger partial charge in [0.15, 0.2) is 0 Å². The van der Waals surface area contributed by atoms with Crippen molar-refractivity contribution < 1.29 is 28.2 Å². The van der Waals surface area contributed by atoms with Gasteiger partial charge in [-0.3, -0.25) is 4.79 Å². The SMILES string of the molecule is CCOC1CC(c2ccc(F)cc2)OC2(CCN(C(=O)c3ccc(C(C)(C)O)c(F)c3)CC2)C1. The summed E-state index contributed by atoms with van der Waals surface area (Å²) < 4.78 is 40.5. The van der Waals surface area contributed by atoms with Gasteiger partial charge in [-0.15, -0.1) is 0 Å². The number of benzene rings is 2. The molecule has 2 unspecified atom stereocenters. The lowest BCUT2D eigenvalue weighted by molar-refractivity contribution is -0.190. The number of ether oxygens (including phenoxy) is 2. The number of nitrogens with zero attached hydrogens (tertiary/aromatic N) is 1. The molecule has 2 saturated heterocycles. The van der Waals surface area contributed by atoms with E-state index in [4.69, 9.17) is 9.47 Å². The van der Waals surface area contributed by atoms with Crippen LogP contribution in [0.3, 0.4) is 0 Å². The number of likely N-dealkylation sites (tertiary alicyclic amines) is 1. The molecule has 0 aromatic heterocycles. The van der Waals surface area contributed by atoms with Crippen molar-refractivity contribution in [3.63, 3.8) is 0 Å². The molecule has 4 rings (SSSR count). The van der Waals surface area contributed by atoms with E-state index in [-0.39, 0.29) is 35.1 Å². The summed E-state index contributed by atoms with van der Waals surface area (Å²) in [5.41, 5.74) is -0.400. The lowest BCUT2D eigenvalue weighted by atomic mass is 9.80. The first kappa shape index (κ1) is 24.8. The first-order chi connectivity index (χ1) is 16.1. The van der Waals surface area contributed by atoms with Crippen LogP contribution >= 0.6 is 0 Å². The number of carbonyl (C=O) groups is 1. The summed E-state index contributed by atoms with van der Waals surface area (Å²) in [4.78, 5) is 14.8. The van der Waals surface area contributed by atoms with Crippen LogP contribution in [0.5, 0.6) is 0 Å². The van der Waals surface area contributed by atoms with Gasteiger partial charge < -0.3 is 19.5 Å². The quantitative estimate of drug-likeness (QED) is 0.655. The summed E-state index contributed by atoms with van der Waals surface area (Å²) in [7, 11) is 0. The van der Waals surface area contributed by atoms with Crippen LogP contribution in [0, 0.1) is 11.6 Å². The van der Waals surface area contributed by atoms with Crippen LogP contribution < -0.4 is 0 Å². The normalized spacial score (nSPS) is 22.7. The van der Waals surface area contributed by atoms with Gasteiger partial charge in [-0.1, -0.05) is 18.2 Å². The van der Waals surface area contributed by atoms with Crippen LogP contribution in [0.25, 0.3) is 0 Å². The monoisotopic (exact) mass is 473 g/mol. The second-order valence-corrected chi connectivity index (χ2v) is 9.90. The Morgan fingerprint density at radius 3 is 2.44 bits per heavy atom. The predicted molar refractivity (Wildman–Crippen MR) is 124 cm³/mol. The molecular weight excluding hydrogens is 440 g/mol. The topological polar surface area (TPSA) is 59.0 Å². The Kier molecular flexibility index (Phi) is 7.08. The Balaban J connectivity index is 1.47. The average molecular weight is 474 g/mol. The van der Waals surface area contributed by atoms with Crippen molar-refractivity contribution in [3.05, 3.63) is 70.8 Å². The number of aliphatic hydroxyl groups is 1. The maximum Gasteiger partial charge on any atom is 0.253 e. The second-order valence-electron chi connectivity index (χ2n) is 9.90. The van der Waals surface area contributed by atoms with Crippen molar-refractivity contribution >= 4 is 5.91 Å². The zero-order valence-corrected chi connectivity index (χ0v) is 20.0. The highest BCUT2D eigenvalue weighted by molar-refractivity contribution is 5.94. The Labute approximate surface area is 199 Å². The van der Waals surface area contributed by atoms with E-state index in [1.807, 2.05) is 6.92 Å². The largest absolute Gasteiger partial charge is 0.386 e. The van der Waals surface area contributed by atoms with Crippen LogP contribution in [0.1, 0.15) is 74.0 Å². The highest BCUT2D eigenvalue weighted by Gasteiger charge is 2.45. The number of hydrogen-bond acceptors (Lipinski definition) is 4. The van der Waals surface area contributed by atoms with Crippen molar-refractivity contribution in [2.45, 2.75) is 69.9 Å². The van der Waals surface area contributed by atoms with Crippen LogP contribution in [0.4, 0.5) is 8.78 Å². The average Bonchev–Trinajstić information content (AvgIpc) is 2.78. The van der Waals surface area contributed by atoms with Crippen molar-refractivity contribution in [3.8, 4) is 0 Å². The van der Waals surface area contributed by atoms with Gasteiger partial charge in [0.05, 0.1) is 23.4 Å². The fraction of sp³-hybridized carbons (Fsp3) is 0.519. The molecule has 0 bridgehead atoms. The number of amides is 1. The fourth-order valence-corrected chi connectivity index (χ4v) is 5.15. The van der Waals surface area contributed by atoms with E-state index >= 15 is 0 Å². The molecule has 2 fully saturated rings. The molecule has 2 aromatic rings. The third-order valence-corrected chi connectivity index (χ3v) is 6.95. The molecule has 2 atom stereocenters. The van der Waals surface area contributed by atoms with E-state index in [0.29, 0.717) is 39.0 Å². The summed E-state index contributed by atoms with van der Waals surface area (Å²) >= 11 is 0. The van der Waals surface area contributed by atoms with Gasteiger partial charge in [0.25, 0.3) is 5.91 Å². The molecular formula is C27H33F2NO4. The molecule has 1 N–H and O–H groups in total. The Morgan fingerprint density at radius 2 is 1.85 bits per heavy atom. The second kappa shape index (κ2) is 9.72. The molecule has 2 heterocycles. The summed E-state index contributed by atoms with van der Waals surface area (Å²) in [6.45, 7) is 6.57. The maximum atomic E-state index is 14.5. The maximum absolute atomic E-state index is 14.5. The number of halogens is 2. The Hall–Kier alpha value is -2.35. The molecule has 1 spiro atoms. The predicted octanol–water partition coefficient (Wildman–Crippen LogP) is 5.12. The minimum absolute atomic E-state index is 0.0273.